The molecule has 0 N–H and O–H groups in total. The lowest BCUT2D eigenvalue weighted by atomic mass is 9.78. The Bertz CT molecular complexity index is 618. The third-order valence-corrected chi connectivity index (χ3v) is 7.00. The molecule has 1 rings (SSSR count). The summed E-state index contributed by atoms with van der Waals surface area (Å²) >= 11 is 0. The zero-order valence-corrected chi connectivity index (χ0v) is 22.1. The molecule has 0 spiro atoms. The number of carbonyl (C=O) groups excluding carboxylic acids is 3. The van der Waals surface area contributed by atoms with Crippen LogP contribution in [0.1, 0.15) is 111 Å². The Morgan fingerprint density at radius 2 is 1.56 bits per heavy atom. The van der Waals surface area contributed by atoms with Crippen molar-refractivity contribution in [1.82, 2.24) is 0 Å². The molecule has 1 aliphatic carbocycles. The fraction of sp³-hybridized carbons (Fsp3) is 0.821. The first-order valence-electron chi connectivity index (χ1n) is 13.5. The zero-order chi connectivity index (χ0) is 25.4. The van der Waals surface area contributed by atoms with Gasteiger partial charge in [-0.1, -0.05) is 79.2 Å². The van der Waals surface area contributed by atoms with E-state index in [4.69, 9.17) is 14.2 Å². The van der Waals surface area contributed by atoms with Crippen LogP contribution in [0.2, 0.25) is 0 Å². The average molecular weight is 481 g/mol. The number of carbonyl (C=O) groups is 3. The third-order valence-electron chi connectivity index (χ3n) is 7.00. The number of unbranched alkanes of at least 4 members (excludes halogenated alkanes) is 6. The van der Waals surface area contributed by atoms with Gasteiger partial charge in [0.15, 0.2) is 0 Å². The first-order valence-corrected chi connectivity index (χ1v) is 13.5. The standard InChI is InChI=1S/C28H48O6/c1-6-9-11-12-14-20-32-27(31)28(34-25(29)8-3)18-16-23(17-19-28)26(30)33-21-24(22(4)5)15-13-10-7-2/h8,22-24H,3,6-7,9-21H2,1-2,4-5H3. The minimum absolute atomic E-state index is 0.214. The molecular weight excluding hydrogens is 432 g/mol. The Kier molecular flexibility index (Phi) is 14.8. The average Bonchev–Trinajstić information content (AvgIpc) is 2.83. The highest BCUT2D eigenvalue weighted by Crippen LogP contribution is 2.37. The lowest BCUT2D eigenvalue weighted by Gasteiger charge is -2.36. The maximum atomic E-state index is 12.9. The molecular formula is C28H48O6. The number of esters is 3. The van der Waals surface area contributed by atoms with Crippen molar-refractivity contribution in [2.45, 2.75) is 117 Å². The van der Waals surface area contributed by atoms with Gasteiger partial charge in [0.25, 0.3) is 0 Å². The molecule has 1 atom stereocenters. The summed E-state index contributed by atoms with van der Waals surface area (Å²) in [5.41, 5.74) is -1.34. The van der Waals surface area contributed by atoms with E-state index in [1.54, 1.807) is 0 Å². The van der Waals surface area contributed by atoms with Gasteiger partial charge >= 0.3 is 17.9 Å². The lowest BCUT2D eigenvalue weighted by Crippen LogP contribution is -2.48. The summed E-state index contributed by atoms with van der Waals surface area (Å²) < 4.78 is 16.7. The molecule has 0 aromatic heterocycles. The van der Waals surface area contributed by atoms with Crippen molar-refractivity contribution in [3.63, 3.8) is 0 Å². The Morgan fingerprint density at radius 3 is 2.15 bits per heavy atom. The number of hydrogen-bond donors (Lipinski definition) is 0. The Balaban J connectivity index is 2.61. The predicted molar refractivity (Wildman–Crippen MR) is 134 cm³/mol. The topological polar surface area (TPSA) is 78.9 Å². The first-order chi connectivity index (χ1) is 16.3. The van der Waals surface area contributed by atoms with Gasteiger partial charge in [-0.25, -0.2) is 9.59 Å². The summed E-state index contributed by atoms with van der Waals surface area (Å²) in [4.78, 5) is 37.6. The normalized spacial score (nSPS) is 21.0. The molecule has 0 aliphatic heterocycles. The molecule has 196 valence electrons. The molecule has 1 unspecified atom stereocenters. The summed E-state index contributed by atoms with van der Waals surface area (Å²) in [6, 6.07) is 0. The molecule has 1 saturated carbocycles. The fourth-order valence-corrected chi connectivity index (χ4v) is 4.48. The van der Waals surface area contributed by atoms with Crippen LogP contribution in [0.3, 0.4) is 0 Å². The van der Waals surface area contributed by atoms with E-state index < -0.39 is 17.5 Å². The second kappa shape index (κ2) is 16.7. The van der Waals surface area contributed by atoms with Gasteiger partial charge in [-0.2, -0.15) is 0 Å². The Labute approximate surface area is 207 Å². The van der Waals surface area contributed by atoms with Gasteiger partial charge in [-0.05, 0) is 50.4 Å². The molecule has 6 heteroatoms. The van der Waals surface area contributed by atoms with E-state index in [9.17, 15) is 14.4 Å². The highest BCUT2D eigenvalue weighted by Gasteiger charge is 2.48. The van der Waals surface area contributed by atoms with Crippen molar-refractivity contribution in [1.29, 1.82) is 0 Å². The van der Waals surface area contributed by atoms with Crippen LogP contribution in [0.25, 0.3) is 0 Å². The van der Waals surface area contributed by atoms with E-state index in [1.165, 1.54) is 19.3 Å². The lowest BCUT2D eigenvalue weighted by molar-refractivity contribution is -0.186. The SMILES string of the molecule is C=CC(=O)OC1(C(=O)OCCCCCCC)CCC(C(=O)OCC(CCCCC)C(C)C)CC1. The summed E-state index contributed by atoms with van der Waals surface area (Å²) in [5, 5.41) is 0. The minimum atomic E-state index is -1.34. The van der Waals surface area contributed by atoms with E-state index in [2.05, 4.69) is 34.3 Å². The molecule has 0 aromatic carbocycles. The highest BCUT2D eigenvalue weighted by molar-refractivity contribution is 5.88. The quantitative estimate of drug-likeness (QED) is 0.102. The summed E-state index contributed by atoms with van der Waals surface area (Å²) in [5.74, 6) is -0.846. The summed E-state index contributed by atoms with van der Waals surface area (Å²) in [6.45, 7) is 12.9. The van der Waals surface area contributed by atoms with Crippen LogP contribution in [0.5, 0.6) is 0 Å². The van der Waals surface area contributed by atoms with Gasteiger partial charge in [-0.15, -0.1) is 0 Å². The summed E-state index contributed by atoms with van der Waals surface area (Å²) in [6.07, 6.45) is 12.2. The number of hydrogen-bond acceptors (Lipinski definition) is 6. The molecule has 0 heterocycles. The largest absolute Gasteiger partial charge is 0.465 e. The van der Waals surface area contributed by atoms with Crippen LogP contribution in [0.15, 0.2) is 12.7 Å². The summed E-state index contributed by atoms with van der Waals surface area (Å²) in [7, 11) is 0. The van der Waals surface area contributed by atoms with Gasteiger partial charge in [0, 0.05) is 6.08 Å². The van der Waals surface area contributed by atoms with E-state index in [-0.39, 0.29) is 24.7 Å². The van der Waals surface area contributed by atoms with Crippen LogP contribution in [-0.4, -0.2) is 36.7 Å². The van der Waals surface area contributed by atoms with Crippen molar-refractivity contribution >= 4 is 17.9 Å². The van der Waals surface area contributed by atoms with Gasteiger partial charge in [-0.3, -0.25) is 4.79 Å². The molecule has 1 aliphatic rings. The smallest absolute Gasteiger partial charge is 0.350 e. The Hall–Kier alpha value is -1.85. The van der Waals surface area contributed by atoms with Crippen LogP contribution in [0.4, 0.5) is 0 Å². The monoisotopic (exact) mass is 480 g/mol. The number of ether oxygens (including phenoxy) is 3. The van der Waals surface area contributed by atoms with Crippen LogP contribution in [0, 0.1) is 17.8 Å². The van der Waals surface area contributed by atoms with E-state index >= 15 is 0 Å². The van der Waals surface area contributed by atoms with Gasteiger partial charge in [0.1, 0.15) is 0 Å². The van der Waals surface area contributed by atoms with Crippen LogP contribution < -0.4 is 0 Å². The van der Waals surface area contributed by atoms with Crippen molar-refractivity contribution < 1.29 is 28.6 Å². The second-order valence-electron chi connectivity index (χ2n) is 10.1. The molecule has 0 bridgehead atoms. The van der Waals surface area contributed by atoms with Gasteiger partial charge in [0.2, 0.25) is 5.60 Å². The molecule has 0 saturated heterocycles. The molecule has 6 nitrogen and oxygen atoms in total. The minimum Gasteiger partial charge on any atom is -0.465 e. The van der Waals surface area contributed by atoms with E-state index in [1.807, 2.05) is 0 Å². The second-order valence-corrected chi connectivity index (χ2v) is 10.1. The molecule has 0 aromatic rings. The maximum Gasteiger partial charge on any atom is 0.350 e. The molecule has 0 radical (unpaired) electrons. The van der Waals surface area contributed by atoms with E-state index in [0.717, 1.165) is 44.6 Å². The maximum absolute atomic E-state index is 12.9. The first kappa shape index (κ1) is 30.2. The van der Waals surface area contributed by atoms with Crippen molar-refractivity contribution in [2.75, 3.05) is 13.2 Å². The van der Waals surface area contributed by atoms with Crippen molar-refractivity contribution in [3.05, 3.63) is 12.7 Å². The predicted octanol–water partition coefficient (Wildman–Crippen LogP) is 6.55. The molecule has 0 amide bonds. The number of rotatable bonds is 17. The van der Waals surface area contributed by atoms with Crippen LogP contribution in [-0.2, 0) is 28.6 Å². The fourth-order valence-electron chi connectivity index (χ4n) is 4.48. The van der Waals surface area contributed by atoms with Gasteiger partial charge in [0.05, 0.1) is 19.1 Å². The highest BCUT2D eigenvalue weighted by atomic mass is 16.6. The molecule has 1 fully saturated rings. The van der Waals surface area contributed by atoms with Gasteiger partial charge < -0.3 is 14.2 Å². The Morgan fingerprint density at radius 1 is 0.941 bits per heavy atom. The third kappa shape index (κ3) is 10.6. The van der Waals surface area contributed by atoms with E-state index in [0.29, 0.717) is 37.9 Å². The zero-order valence-electron chi connectivity index (χ0n) is 22.1. The van der Waals surface area contributed by atoms with Crippen LogP contribution >= 0.6 is 0 Å². The molecule has 34 heavy (non-hydrogen) atoms. The van der Waals surface area contributed by atoms with Crippen molar-refractivity contribution in [2.24, 2.45) is 17.8 Å². The van der Waals surface area contributed by atoms with Crippen molar-refractivity contribution in [3.8, 4) is 0 Å².